The molecule has 1 saturated heterocycles. The molecule has 2 nitrogen and oxygen atoms in total. The van der Waals surface area contributed by atoms with Crippen LogP contribution in [0.25, 0.3) is 11.1 Å². The predicted molar refractivity (Wildman–Crippen MR) is 84.6 cm³/mol. The molecule has 0 spiro atoms. The highest BCUT2D eigenvalue weighted by Gasteiger charge is 2.14. The molecular formula is C18H22N2. The van der Waals surface area contributed by atoms with Gasteiger partial charge in [-0.05, 0) is 54.1 Å². The minimum absolute atomic E-state index is 0.606. The molecule has 3 rings (SSSR count). The summed E-state index contributed by atoms with van der Waals surface area (Å²) in [6.45, 7) is 2.90. The van der Waals surface area contributed by atoms with E-state index in [1.165, 1.54) is 35.1 Å². The first-order chi connectivity index (χ1) is 9.86. The van der Waals surface area contributed by atoms with Gasteiger partial charge in [0.25, 0.3) is 0 Å². The molecule has 20 heavy (non-hydrogen) atoms. The van der Waals surface area contributed by atoms with Crippen LogP contribution in [-0.2, 0) is 6.54 Å². The highest BCUT2D eigenvalue weighted by atomic mass is 14.9. The maximum absolute atomic E-state index is 5.64. The van der Waals surface area contributed by atoms with Crippen molar-refractivity contribution in [2.75, 3.05) is 13.1 Å². The van der Waals surface area contributed by atoms with Gasteiger partial charge in [0.05, 0.1) is 0 Å². The first-order valence-corrected chi connectivity index (χ1v) is 7.47. The van der Waals surface area contributed by atoms with E-state index < -0.39 is 0 Å². The molecule has 0 aliphatic carbocycles. The van der Waals surface area contributed by atoms with Crippen LogP contribution >= 0.6 is 0 Å². The van der Waals surface area contributed by atoms with Gasteiger partial charge in [0.2, 0.25) is 0 Å². The van der Waals surface area contributed by atoms with Crippen LogP contribution in [0.4, 0.5) is 0 Å². The van der Waals surface area contributed by atoms with Gasteiger partial charge in [0.1, 0.15) is 0 Å². The average molecular weight is 266 g/mol. The molecule has 0 unspecified atom stereocenters. The van der Waals surface area contributed by atoms with Crippen LogP contribution in [0, 0.1) is 0 Å². The molecule has 0 saturated carbocycles. The van der Waals surface area contributed by atoms with Gasteiger partial charge in [-0.25, -0.2) is 0 Å². The second kappa shape index (κ2) is 6.21. The lowest BCUT2D eigenvalue weighted by molar-refractivity contribution is 0.460. The minimum Gasteiger partial charge on any atom is -0.326 e. The van der Waals surface area contributed by atoms with Crippen molar-refractivity contribution in [2.45, 2.75) is 25.3 Å². The van der Waals surface area contributed by atoms with Crippen LogP contribution < -0.4 is 11.1 Å². The first kappa shape index (κ1) is 13.3. The summed E-state index contributed by atoms with van der Waals surface area (Å²) in [6, 6.07) is 17.6. The van der Waals surface area contributed by atoms with Gasteiger partial charge in [-0.1, -0.05) is 48.5 Å². The molecule has 0 amide bonds. The van der Waals surface area contributed by atoms with Crippen LogP contribution in [0.5, 0.6) is 0 Å². The zero-order valence-corrected chi connectivity index (χ0v) is 11.8. The predicted octanol–water partition coefficient (Wildman–Crippen LogP) is 3.28. The molecule has 0 aromatic heterocycles. The Kier molecular flexibility index (Phi) is 4.14. The third kappa shape index (κ3) is 2.92. The zero-order chi connectivity index (χ0) is 13.8. The van der Waals surface area contributed by atoms with E-state index in [-0.39, 0.29) is 0 Å². The number of rotatable bonds is 3. The molecule has 1 aliphatic heterocycles. The lowest BCUT2D eigenvalue weighted by atomic mass is 9.89. The molecule has 2 aromatic rings. The third-order valence-corrected chi connectivity index (χ3v) is 4.24. The second-order valence-electron chi connectivity index (χ2n) is 5.55. The Morgan fingerprint density at radius 3 is 1.95 bits per heavy atom. The van der Waals surface area contributed by atoms with Crippen molar-refractivity contribution in [2.24, 2.45) is 5.73 Å². The van der Waals surface area contributed by atoms with Crippen LogP contribution in [0.2, 0.25) is 0 Å². The van der Waals surface area contributed by atoms with E-state index in [0.29, 0.717) is 6.54 Å². The number of hydrogen-bond acceptors (Lipinski definition) is 2. The van der Waals surface area contributed by atoms with Gasteiger partial charge >= 0.3 is 0 Å². The van der Waals surface area contributed by atoms with E-state index in [1.54, 1.807) is 0 Å². The van der Waals surface area contributed by atoms with Crippen molar-refractivity contribution >= 4 is 0 Å². The largest absolute Gasteiger partial charge is 0.326 e. The standard InChI is InChI=1S/C18H22N2/c19-13-14-1-3-15(4-2-14)16-5-7-17(8-6-16)18-9-11-20-12-10-18/h1-8,18,20H,9-13,19H2. The fourth-order valence-electron chi connectivity index (χ4n) is 2.94. The summed E-state index contributed by atoms with van der Waals surface area (Å²) < 4.78 is 0. The van der Waals surface area contributed by atoms with Gasteiger partial charge in [-0.3, -0.25) is 0 Å². The highest BCUT2D eigenvalue weighted by Crippen LogP contribution is 2.27. The molecule has 1 aliphatic rings. The average Bonchev–Trinajstić information content (AvgIpc) is 2.56. The number of nitrogens with one attached hydrogen (secondary N) is 1. The summed E-state index contributed by atoms with van der Waals surface area (Å²) in [5.74, 6) is 0.727. The molecule has 1 heterocycles. The Morgan fingerprint density at radius 1 is 0.850 bits per heavy atom. The van der Waals surface area contributed by atoms with Gasteiger partial charge in [0.15, 0.2) is 0 Å². The van der Waals surface area contributed by atoms with Crippen LogP contribution in [-0.4, -0.2) is 13.1 Å². The molecule has 3 N–H and O–H groups in total. The Morgan fingerprint density at radius 2 is 1.40 bits per heavy atom. The SMILES string of the molecule is NCc1ccc(-c2ccc(C3CCNCC3)cc2)cc1. The maximum Gasteiger partial charge on any atom is 0.0178 e. The van der Waals surface area contributed by atoms with Crippen LogP contribution in [0.1, 0.15) is 29.9 Å². The fraction of sp³-hybridized carbons (Fsp3) is 0.333. The highest BCUT2D eigenvalue weighted by molar-refractivity contribution is 5.64. The van der Waals surface area contributed by atoms with Crippen molar-refractivity contribution in [3.63, 3.8) is 0 Å². The smallest absolute Gasteiger partial charge is 0.0178 e. The lowest BCUT2D eigenvalue weighted by Crippen LogP contribution is -2.26. The van der Waals surface area contributed by atoms with E-state index in [0.717, 1.165) is 19.0 Å². The van der Waals surface area contributed by atoms with Crippen molar-refractivity contribution in [1.29, 1.82) is 0 Å². The topological polar surface area (TPSA) is 38.0 Å². The maximum atomic E-state index is 5.64. The Hall–Kier alpha value is -1.64. The summed E-state index contributed by atoms with van der Waals surface area (Å²) in [6.07, 6.45) is 2.51. The molecule has 0 atom stereocenters. The Bertz CT molecular complexity index is 537. The number of piperidine rings is 1. The summed E-state index contributed by atoms with van der Waals surface area (Å²) in [7, 11) is 0. The van der Waals surface area contributed by atoms with Crippen molar-refractivity contribution in [3.05, 3.63) is 59.7 Å². The molecule has 0 bridgehead atoms. The number of hydrogen-bond donors (Lipinski definition) is 2. The second-order valence-corrected chi connectivity index (χ2v) is 5.55. The molecule has 104 valence electrons. The van der Waals surface area contributed by atoms with E-state index in [9.17, 15) is 0 Å². The molecular weight excluding hydrogens is 244 g/mol. The minimum atomic E-state index is 0.606. The van der Waals surface area contributed by atoms with Gasteiger partial charge in [-0.2, -0.15) is 0 Å². The van der Waals surface area contributed by atoms with Gasteiger partial charge in [-0.15, -0.1) is 0 Å². The van der Waals surface area contributed by atoms with Gasteiger partial charge < -0.3 is 11.1 Å². The molecule has 2 aromatic carbocycles. The Labute approximate surface area is 121 Å². The van der Waals surface area contributed by atoms with Crippen molar-refractivity contribution in [1.82, 2.24) is 5.32 Å². The fourth-order valence-corrected chi connectivity index (χ4v) is 2.94. The summed E-state index contributed by atoms with van der Waals surface area (Å²) in [5.41, 5.74) is 10.8. The van der Waals surface area contributed by atoms with E-state index >= 15 is 0 Å². The van der Waals surface area contributed by atoms with Gasteiger partial charge in [0, 0.05) is 6.54 Å². The van der Waals surface area contributed by atoms with E-state index in [2.05, 4.69) is 53.8 Å². The monoisotopic (exact) mass is 266 g/mol. The summed E-state index contributed by atoms with van der Waals surface area (Å²) in [5, 5.41) is 3.42. The van der Waals surface area contributed by atoms with Crippen molar-refractivity contribution < 1.29 is 0 Å². The van der Waals surface area contributed by atoms with Crippen molar-refractivity contribution in [3.8, 4) is 11.1 Å². The summed E-state index contributed by atoms with van der Waals surface area (Å²) >= 11 is 0. The molecule has 2 heteroatoms. The normalized spacial score (nSPS) is 16.2. The number of nitrogens with two attached hydrogens (primary N) is 1. The quantitative estimate of drug-likeness (QED) is 0.894. The first-order valence-electron chi connectivity index (χ1n) is 7.47. The van der Waals surface area contributed by atoms with E-state index in [1.807, 2.05) is 0 Å². The molecule has 0 radical (unpaired) electrons. The molecule has 1 fully saturated rings. The summed E-state index contributed by atoms with van der Waals surface area (Å²) in [4.78, 5) is 0. The Balaban J connectivity index is 1.77. The van der Waals surface area contributed by atoms with Crippen LogP contribution in [0.3, 0.4) is 0 Å². The lowest BCUT2D eigenvalue weighted by Gasteiger charge is -2.23. The number of benzene rings is 2. The third-order valence-electron chi connectivity index (χ3n) is 4.24. The van der Waals surface area contributed by atoms with Crippen LogP contribution in [0.15, 0.2) is 48.5 Å². The van der Waals surface area contributed by atoms with E-state index in [4.69, 9.17) is 5.73 Å². The zero-order valence-electron chi connectivity index (χ0n) is 11.8.